The maximum absolute atomic E-state index is 14.1. The number of carbonyl (C=O) groups excluding carboxylic acids is 2. The summed E-state index contributed by atoms with van der Waals surface area (Å²) in [4.78, 5) is 33.4. The lowest BCUT2D eigenvalue weighted by molar-refractivity contribution is -0.133. The molecule has 1 heterocycles. The standard InChI is InChI=1S/C36H42N6O2/c1-36(29-13-4-2-5-14-29,30-15-6-3-7-16-30)25-42-22-20-31(41-32(34(42)44)17-10-21-39-35(37)38)24-40-33(43)28-19-18-26-11-8-9-12-27(26)23-28/h2-9,11-16,18-19,23,31-32,41H,10,17,20-22,24-25H2,1H3,(H,40,43)(H4,37,38,39)/t31-,32-/m0/s1. The third-order valence-corrected chi connectivity index (χ3v) is 8.59. The van der Waals surface area contributed by atoms with E-state index in [0.29, 0.717) is 51.0 Å². The van der Waals surface area contributed by atoms with Crippen LogP contribution in [0.5, 0.6) is 0 Å². The van der Waals surface area contributed by atoms with Crippen LogP contribution in [-0.2, 0) is 10.2 Å². The van der Waals surface area contributed by atoms with Gasteiger partial charge in [-0.15, -0.1) is 0 Å². The van der Waals surface area contributed by atoms with Crippen molar-refractivity contribution in [2.45, 2.75) is 43.7 Å². The monoisotopic (exact) mass is 590 g/mol. The van der Waals surface area contributed by atoms with Crippen LogP contribution in [0.1, 0.15) is 47.7 Å². The van der Waals surface area contributed by atoms with Gasteiger partial charge in [-0.2, -0.15) is 0 Å². The highest BCUT2D eigenvalue weighted by Crippen LogP contribution is 2.33. The van der Waals surface area contributed by atoms with Gasteiger partial charge in [0.1, 0.15) is 0 Å². The van der Waals surface area contributed by atoms with Gasteiger partial charge in [-0.1, -0.05) is 91.0 Å². The molecular formula is C36H42N6O2. The lowest BCUT2D eigenvalue weighted by Crippen LogP contribution is -2.50. The van der Waals surface area contributed by atoms with E-state index in [0.717, 1.165) is 21.9 Å². The van der Waals surface area contributed by atoms with Crippen molar-refractivity contribution in [3.05, 3.63) is 120 Å². The summed E-state index contributed by atoms with van der Waals surface area (Å²) in [5.41, 5.74) is 13.6. The molecule has 228 valence electrons. The number of rotatable bonds is 11. The third kappa shape index (κ3) is 7.44. The minimum Gasteiger partial charge on any atom is -0.370 e. The fraction of sp³-hybridized carbons (Fsp3) is 0.306. The first-order valence-corrected chi connectivity index (χ1v) is 15.3. The second-order valence-corrected chi connectivity index (χ2v) is 11.7. The van der Waals surface area contributed by atoms with Crippen molar-refractivity contribution in [2.24, 2.45) is 16.5 Å². The summed E-state index contributed by atoms with van der Waals surface area (Å²) in [5, 5.41) is 8.79. The number of hydrogen-bond acceptors (Lipinski definition) is 4. The highest BCUT2D eigenvalue weighted by Gasteiger charge is 2.37. The zero-order valence-corrected chi connectivity index (χ0v) is 25.3. The maximum atomic E-state index is 14.1. The third-order valence-electron chi connectivity index (χ3n) is 8.59. The van der Waals surface area contributed by atoms with Crippen LogP contribution >= 0.6 is 0 Å². The Morgan fingerprint density at radius 3 is 2.23 bits per heavy atom. The second kappa shape index (κ2) is 14.2. The molecular weight excluding hydrogens is 548 g/mol. The molecule has 0 unspecified atom stereocenters. The summed E-state index contributed by atoms with van der Waals surface area (Å²) in [7, 11) is 0. The van der Waals surface area contributed by atoms with Gasteiger partial charge in [0.15, 0.2) is 5.96 Å². The molecule has 5 rings (SSSR count). The van der Waals surface area contributed by atoms with Gasteiger partial charge >= 0.3 is 0 Å². The van der Waals surface area contributed by atoms with Crippen molar-refractivity contribution >= 4 is 28.5 Å². The quantitative estimate of drug-likeness (QED) is 0.118. The number of amides is 2. The molecule has 2 atom stereocenters. The van der Waals surface area contributed by atoms with E-state index in [-0.39, 0.29) is 23.8 Å². The average Bonchev–Trinajstić information content (AvgIpc) is 3.20. The van der Waals surface area contributed by atoms with Crippen LogP contribution in [0.2, 0.25) is 0 Å². The zero-order valence-electron chi connectivity index (χ0n) is 25.3. The molecule has 1 aliphatic heterocycles. The largest absolute Gasteiger partial charge is 0.370 e. The lowest BCUT2D eigenvalue weighted by atomic mass is 9.75. The van der Waals surface area contributed by atoms with Crippen LogP contribution in [0.3, 0.4) is 0 Å². The Labute approximate surface area is 259 Å². The fourth-order valence-corrected chi connectivity index (χ4v) is 6.10. The molecule has 0 aliphatic carbocycles. The van der Waals surface area contributed by atoms with Crippen LogP contribution in [0.15, 0.2) is 108 Å². The van der Waals surface area contributed by atoms with Crippen LogP contribution in [0.25, 0.3) is 10.8 Å². The second-order valence-electron chi connectivity index (χ2n) is 11.7. The van der Waals surface area contributed by atoms with Crippen molar-refractivity contribution < 1.29 is 9.59 Å². The first-order valence-electron chi connectivity index (χ1n) is 15.3. The Morgan fingerprint density at radius 1 is 0.932 bits per heavy atom. The van der Waals surface area contributed by atoms with Gasteiger partial charge in [0, 0.05) is 43.2 Å². The van der Waals surface area contributed by atoms with Crippen LogP contribution < -0.4 is 22.1 Å². The molecule has 1 saturated heterocycles. The summed E-state index contributed by atoms with van der Waals surface area (Å²) in [5.74, 6) is -0.0336. The molecule has 2 amide bonds. The number of benzene rings is 4. The van der Waals surface area contributed by atoms with Crippen molar-refractivity contribution in [3.63, 3.8) is 0 Å². The smallest absolute Gasteiger partial charge is 0.251 e. The molecule has 1 aliphatic rings. The summed E-state index contributed by atoms with van der Waals surface area (Å²) < 4.78 is 0. The molecule has 0 spiro atoms. The van der Waals surface area contributed by atoms with E-state index in [1.165, 1.54) is 0 Å². The minimum absolute atomic E-state index is 0.0440. The van der Waals surface area contributed by atoms with Gasteiger partial charge in [-0.25, -0.2) is 0 Å². The van der Waals surface area contributed by atoms with E-state index in [1.807, 2.05) is 83.8 Å². The Bertz CT molecular complexity index is 1550. The summed E-state index contributed by atoms with van der Waals surface area (Å²) in [6.07, 6.45) is 1.93. The van der Waals surface area contributed by atoms with Crippen molar-refractivity contribution in [2.75, 3.05) is 26.2 Å². The molecule has 6 N–H and O–H groups in total. The SMILES string of the molecule is CC(CN1CC[C@@H](CNC(=O)c2ccc3ccccc3c2)N[C@@H](CCCN=C(N)N)C1=O)(c1ccccc1)c1ccccc1. The number of nitrogens with one attached hydrogen (secondary N) is 2. The molecule has 44 heavy (non-hydrogen) atoms. The Hall–Kier alpha value is -4.69. The lowest BCUT2D eigenvalue weighted by Gasteiger charge is -2.37. The first kappa shape index (κ1) is 30.8. The van der Waals surface area contributed by atoms with E-state index in [4.69, 9.17) is 11.5 Å². The van der Waals surface area contributed by atoms with E-state index in [1.54, 1.807) is 0 Å². The maximum Gasteiger partial charge on any atom is 0.251 e. The summed E-state index contributed by atoms with van der Waals surface area (Å²) in [6, 6.07) is 33.9. The molecule has 8 heteroatoms. The molecule has 0 aromatic heterocycles. The summed E-state index contributed by atoms with van der Waals surface area (Å²) >= 11 is 0. The Kier molecular flexibility index (Phi) is 9.92. The normalized spacial score (nSPS) is 17.2. The number of aliphatic imine (C=N–C) groups is 1. The minimum atomic E-state index is -0.426. The molecule has 0 saturated carbocycles. The molecule has 4 aromatic rings. The Morgan fingerprint density at radius 2 is 1.57 bits per heavy atom. The first-order chi connectivity index (χ1) is 21.3. The van der Waals surface area contributed by atoms with Crippen LogP contribution in [0.4, 0.5) is 0 Å². The summed E-state index contributed by atoms with van der Waals surface area (Å²) in [6.45, 7) is 4.16. The fourth-order valence-electron chi connectivity index (χ4n) is 6.10. The van der Waals surface area contributed by atoms with Gasteiger partial charge < -0.3 is 27.0 Å². The van der Waals surface area contributed by atoms with Gasteiger partial charge in [0.05, 0.1) is 6.04 Å². The number of fused-ring (bicyclic) bond motifs is 1. The molecule has 0 radical (unpaired) electrons. The van der Waals surface area contributed by atoms with Crippen molar-refractivity contribution in [1.29, 1.82) is 0 Å². The van der Waals surface area contributed by atoms with E-state index in [9.17, 15) is 9.59 Å². The topological polar surface area (TPSA) is 126 Å². The average molecular weight is 591 g/mol. The predicted octanol–water partition coefficient (Wildman–Crippen LogP) is 4.19. The van der Waals surface area contributed by atoms with Gasteiger partial charge in [0.2, 0.25) is 5.91 Å². The molecule has 0 bridgehead atoms. The van der Waals surface area contributed by atoms with Gasteiger partial charge in [-0.05, 0) is 60.2 Å². The van der Waals surface area contributed by atoms with Crippen LogP contribution in [-0.4, -0.2) is 60.9 Å². The Balaban J connectivity index is 1.34. The van der Waals surface area contributed by atoms with E-state index < -0.39 is 11.5 Å². The number of nitrogens with zero attached hydrogens (tertiary/aromatic N) is 2. The highest BCUT2D eigenvalue weighted by atomic mass is 16.2. The number of guanidine groups is 1. The van der Waals surface area contributed by atoms with E-state index >= 15 is 0 Å². The predicted molar refractivity (Wildman–Crippen MR) is 177 cm³/mol. The number of hydrogen-bond donors (Lipinski definition) is 4. The van der Waals surface area contributed by atoms with Gasteiger partial charge in [0.25, 0.3) is 5.91 Å². The molecule has 1 fully saturated rings. The van der Waals surface area contributed by atoms with Crippen molar-refractivity contribution in [1.82, 2.24) is 15.5 Å². The highest BCUT2D eigenvalue weighted by molar-refractivity contribution is 5.98. The zero-order chi connectivity index (χ0) is 30.9. The molecule has 4 aromatic carbocycles. The number of carbonyl (C=O) groups is 2. The number of nitrogens with two attached hydrogens (primary N) is 2. The van der Waals surface area contributed by atoms with Crippen molar-refractivity contribution in [3.8, 4) is 0 Å². The van der Waals surface area contributed by atoms with E-state index in [2.05, 4.69) is 46.8 Å². The van der Waals surface area contributed by atoms with Gasteiger partial charge in [-0.3, -0.25) is 14.6 Å². The van der Waals surface area contributed by atoms with Crippen LogP contribution in [0, 0.1) is 0 Å². The molecule has 8 nitrogen and oxygen atoms in total.